The van der Waals surface area contributed by atoms with Crippen molar-refractivity contribution in [3.63, 3.8) is 0 Å². The molecule has 0 aliphatic carbocycles. The number of rotatable bonds is 8. The smallest absolute Gasteiger partial charge is 0.322 e. The number of benzene rings is 2. The van der Waals surface area contributed by atoms with Crippen molar-refractivity contribution in [3.05, 3.63) is 65.2 Å². The summed E-state index contributed by atoms with van der Waals surface area (Å²) in [5.41, 5.74) is 2.75. The summed E-state index contributed by atoms with van der Waals surface area (Å²) >= 11 is 0. The molecule has 0 saturated heterocycles. The standard InChI is InChI=1S/C19H21NO5S/c21-19(22)17(13-14-4-2-1-3-5-14)20-26(23,24)11-9-15-6-7-18-16(12-15)8-10-25-18/h1-7,12,17,20H,8-11,13H2,(H,21,22)/t17-/m1/s1. The fourth-order valence-electron chi connectivity index (χ4n) is 2.95. The number of ether oxygens (including phenoxy) is 1. The average molecular weight is 375 g/mol. The number of hydrogen-bond acceptors (Lipinski definition) is 4. The molecule has 0 aromatic heterocycles. The van der Waals surface area contributed by atoms with E-state index in [-0.39, 0.29) is 12.2 Å². The first kappa shape index (κ1) is 18.4. The van der Waals surface area contributed by atoms with E-state index in [2.05, 4.69) is 4.72 Å². The van der Waals surface area contributed by atoms with Gasteiger partial charge in [-0.25, -0.2) is 13.1 Å². The Balaban J connectivity index is 1.62. The third-order valence-corrected chi connectivity index (χ3v) is 5.70. The van der Waals surface area contributed by atoms with Crippen LogP contribution in [0.2, 0.25) is 0 Å². The number of sulfonamides is 1. The van der Waals surface area contributed by atoms with E-state index < -0.39 is 22.0 Å². The number of nitrogens with one attached hydrogen (secondary N) is 1. The van der Waals surface area contributed by atoms with Crippen LogP contribution >= 0.6 is 0 Å². The van der Waals surface area contributed by atoms with Gasteiger partial charge in [0.05, 0.1) is 12.4 Å². The van der Waals surface area contributed by atoms with Crippen LogP contribution < -0.4 is 9.46 Å². The van der Waals surface area contributed by atoms with Gasteiger partial charge in [-0.05, 0) is 35.6 Å². The van der Waals surface area contributed by atoms with Gasteiger partial charge in [-0.15, -0.1) is 0 Å². The monoisotopic (exact) mass is 375 g/mol. The van der Waals surface area contributed by atoms with Gasteiger partial charge >= 0.3 is 5.97 Å². The minimum atomic E-state index is -3.72. The lowest BCUT2D eigenvalue weighted by Crippen LogP contribution is -2.43. The second kappa shape index (κ2) is 7.88. The number of carbonyl (C=O) groups is 1. The third kappa shape index (κ3) is 4.83. The topological polar surface area (TPSA) is 92.7 Å². The summed E-state index contributed by atoms with van der Waals surface area (Å²) in [7, 11) is -3.72. The normalized spacial score (nSPS) is 14.5. The van der Waals surface area contributed by atoms with E-state index in [0.717, 1.165) is 28.9 Å². The molecule has 1 atom stereocenters. The van der Waals surface area contributed by atoms with Crippen molar-refractivity contribution in [1.82, 2.24) is 4.72 Å². The minimum absolute atomic E-state index is 0.103. The molecule has 2 aromatic carbocycles. The van der Waals surface area contributed by atoms with Gasteiger partial charge in [0.25, 0.3) is 0 Å². The van der Waals surface area contributed by atoms with Gasteiger partial charge in [0, 0.05) is 6.42 Å². The SMILES string of the molecule is O=C(O)[C@@H](Cc1ccccc1)NS(=O)(=O)CCc1ccc2c(c1)CCO2. The van der Waals surface area contributed by atoms with E-state index in [4.69, 9.17) is 4.74 Å². The molecule has 1 aliphatic heterocycles. The molecular formula is C19H21NO5S. The van der Waals surface area contributed by atoms with Gasteiger partial charge in [0.2, 0.25) is 10.0 Å². The summed E-state index contributed by atoms with van der Waals surface area (Å²) in [6.07, 6.45) is 1.25. The molecule has 0 amide bonds. The molecule has 26 heavy (non-hydrogen) atoms. The lowest BCUT2D eigenvalue weighted by Gasteiger charge is -2.15. The molecular weight excluding hydrogens is 354 g/mol. The van der Waals surface area contributed by atoms with Crippen LogP contribution in [0.3, 0.4) is 0 Å². The molecule has 3 rings (SSSR count). The van der Waals surface area contributed by atoms with Gasteiger partial charge < -0.3 is 9.84 Å². The third-order valence-electron chi connectivity index (χ3n) is 4.32. The Bertz CT molecular complexity index is 880. The number of hydrogen-bond donors (Lipinski definition) is 2. The lowest BCUT2D eigenvalue weighted by molar-refractivity contribution is -0.138. The van der Waals surface area contributed by atoms with Crippen LogP contribution in [0.25, 0.3) is 0 Å². The second-order valence-electron chi connectivity index (χ2n) is 6.31. The molecule has 0 unspecified atom stereocenters. The summed E-state index contributed by atoms with van der Waals surface area (Å²) in [4.78, 5) is 11.4. The van der Waals surface area contributed by atoms with Crippen molar-refractivity contribution in [3.8, 4) is 5.75 Å². The van der Waals surface area contributed by atoms with E-state index in [0.29, 0.717) is 13.0 Å². The molecule has 1 aliphatic rings. The first-order chi connectivity index (χ1) is 12.4. The molecule has 7 heteroatoms. The Hall–Kier alpha value is -2.38. The maximum absolute atomic E-state index is 12.3. The van der Waals surface area contributed by atoms with Crippen molar-refractivity contribution in [2.24, 2.45) is 0 Å². The zero-order chi connectivity index (χ0) is 18.6. The van der Waals surface area contributed by atoms with E-state index >= 15 is 0 Å². The molecule has 0 saturated carbocycles. The Morgan fingerprint density at radius 3 is 2.65 bits per heavy atom. The summed E-state index contributed by atoms with van der Waals surface area (Å²) in [5.74, 6) is -0.499. The van der Waals surface area contributed by atoms with Gasteiger partial charge in [-0.3, -0.25) is 4.79 Å². The van der Waals surface area contributed by atoms with Crippen LogP contribution in [0.1, 0.15) is 16.7 Å². The highest BCUT2D eigenvalue weighted by Gasteiger charge is 2.24. The highest BCUT2D eigenvalue weighted by Crippen LogP contribution is 2.26. The molecule has 2 N–H and O–H groups in total. The van der Waals surface area contributed by atoms with Crippen molar-refractivity contribution >= 4 is 16.0 Å². The van der Waals surface area contributed by atoms with Crippen LogP contribution in [-0.2, 0) is 34.1 Å². The maximum Gasteiger partial charge on any atom is 0.322 e. The van der Waals surface area contributed by atoms with Gasteiger partial charge in [-0.1, -0.05) is 42.5 Å². The van der Waals surface area contributed by atoms with Crippen molar-refractivity contribution in [2.45, 2.75) is 25.3 Å². The summed E-state index contributed by atoms with van der Waals surface area (Å²) in [6, 6.07) is 13.4. The van der Waals surface area contributed by atoms with Crippen LogP contribution in [0, 0.1) is 0 Å². The summed E-state index contributed by atoms with van der Waals surface area (Å²) in [6.45, 7) is 0.651. The van der Waals surface area contributed by atoms with Crippen LogP contribution in [0.15, 0.2) is 48.5 Å². The molecule has 2 aromatic rings. The zero-order valence-electron chi connectivity index (χ0n) is 14.2. The fraction of sp³-hybridized carbons (Fsp3) is 0.316. The number of aryl methyl sites for hydroxylation is 1. The first-order valence-electron chi connectivity index (χ1n) is 8.44. The molecule has 0 bridgehead atoms. The first-order valence-corrected chi connectivity index (χ1v) is 10.1. The molecule has 1 heterocycles. The Kier molecular flexibility index (Phi) is 5.58. The van der Waals surface area contributed by atoms with E-state index in [1.165, 1.54) is 0 Å². The van der Waals surface area contributed by atoms with Crippen LogP contribution in [0.5, 0.6) is 5.75 Å². The Morgan fingerprint density at radius 1 is 1.15 bits per heavy atom. The molecule has 0 spiro atoms. The van der Waals surface area contributed by atoms with E-state index in [1.54, 1.807) is 24.3 Å². The molecule has 0 radical (unpaired) electrons. The van der Waals surface area contributed by atoms with Crippen LogP contribution in [-0.4, -0.2) is 37.9 Å². The van der Waals surface area contributed by atoms with Crippen molar-refractivity contribution in [1.29, 1.82) is 0 Å². The fourth-order valence-corrected chi connectivity index (χ4v) is 4.19. The molecule has 0 fully saturated rings. The summed E-state index contributed by atoms with van der Waals surface area (Å²) in [5, 5.41) is 9.35. The average Bonchev–Trinajstić information content (AvgIpc) is 3.08. The van der Waals surface area contributed by atoms with Crippen molar-refractivity contribution in [2.75, 3.05) is 12.4 Å². The highest BCUT2D eigenvalue weighted by atomic mass is 32.2. The van der Waals surface area contributed by atoms with Gasteiger partial charge in [0.15, 0.2) is 0 Å². The predicted molar refractivity (Wildman–Crippen MR) is 97.8 cm³/mol. The van der Waals surface area contributed by atoms with Gasteiger partial charge in [-0.2, -0.15) is 0 Å². The number of fused-ring (bicyclic) bond motifs is 1. The Labute approximate surface area is 152 Å². The van der Waals surface area contributed by atoms with Gasteiger partial charge in [0.1, 0.15) is 11.8 Å². The molecule has 6 nitrogen and oxygen atoms in total. The maximum atomic E-state index is 12.3. The largest absolute Gasteiger partial charge is 0.493 e. The Morgan fingerprint density at radius 2 is 1.92 bits per heavy atom. The minimum Gasteiger partial charge on any atom is -0.493 e. The number of aliphatic carboxylic acids is 1. The lowest BCUT2D eigenvalue weighted by atomic mass is 10.1. The number of carboxylic acids is 1. The second-order valence-corrected chi connectivity index (χ2v) is 8.18. The van der Waals surface area contributed by atoms with E-state index in [9.17, 15) is 18.3 Å². The zero-order valence-corrected chi connectivity index (χ0v) is 15.0. The highest BCUT2D eigenvalue weighted by molar-refractivity contribution is 7.89. The summed E-state index contributed by atoms with van der Waals surface area (Å²) < 4.78 is 32.4. The predicted octanol–water partition coefficient (Wildman–Crippen LogP) is 1.78. The van der Waals surface area contributed by atoms with E-state index in [1.807, 2.05) is 24.3 Å². The van der Waals surface area contributed by atoms with Crippen molar-refractivity contribution < 1.29 is 23.1 Å². The number of carboxylic acid groups (broad SMARTS) is 1. The van der Waals surface area contributed by atoms with Crippen LogP contribution in [0.4, 0.5) is 0 Å². The molecule has 138 valence electrons. The quantitative estimate of drug-likeness (QED) is 0.734.